The van der Waals surface area contributed by atoms with E-state index in [2.05, 4.69) is 10.2 Å². The largest absolute Gasteiger partial charge is 0.497 e. The maximum Gasteiger partial charge on any atom is 0.262 e. The highest BCUT2D eigenvalue weighted by Gasteiger charge is 2.14. The average molecular weight is 445 g/mol. The molecule has 7 nitrogen and oxygen atoms in total. The highest BCUT2D eigenvalue weighted by atomic mass is 32.2. The summed E-state index contributed by atoms with van der Waals surface area (Å²) in [6.07, 6.45) is 0. The summed E-state index contributed by atoms with van der Waals surface area (Å²) < 4.78 is 12.7. The molecule has 0 radical (unpaired) electrons. The number of fused-ring (bicyclic) bond motifs is 2. The second-order valence-corrected chi connectivity index (χ2v) is 8.12. The summed E-state index contributed by atoms with van der Waals surface area (Å²) in [6.45, 7) is 2.46. The topological polar surface area (TPSA) is 83.0 Å². The summed E-state index contributed by atoms with van der Waals surface area (Å²) in [5, 5.41) is 11.6. The maximum atomic E-state index is 13.1. The predicted octanol–water partition coefficient (Wildman–Crippen LogP) is 4.92. The third-order valence-corrected chi connectivity index (χ3v) is 6.19. The van der Waals surface area contributed by atoms with E-state index in [1.54, 1.807) is 11.7 Å². The van der Waals surface area contributed by atoms with Crippen LogP contribution >= 0.6 is 11.8 Å². The Bertz CT molecular complexity index is 1470. The molecule has 8 heteroatoms. The summed E-state index contributed by atoms with van der Waals surface area (Å²) in [4.78, 5) is 17.9. The van der Waals surface area contributed by atoms with Gasteiger partial charge in [0.25, 0.3) is 5.56 Å². The van der Waals surface area contributed by atoms with E-state index in [1.165, 1.54) is 11.8 Å². The second-order valence-electron chi connectivity index (χ2n) is 7.18. The van der Waals surface area contributed by atoms with Crippen molar-refractivity contribution in [3.8, 4) is 17.2 Å². The highest BCUT2D eigenvalue weighted by Crippen LogP contribution is 2.26. The van der Waals surface area contributed by atoms with E-state index >= 15 is 0 Å². The number of rotatable bonds is 6. The van der Waals surface area contributed by atoms with Gasteiger partial charge in [-0.3, -0.25) is 9.36 Å². The van der Waals surface area contributed by atoms with Gasteiger partial charge in [-0.05, 0) is 54.1 Å². The van der Waals surface area contributed by atoms with E-state index < -0.39 is 0 Å². The molecule has 0 aliphatic rings. The van der Waals surface area contributed by atoms with Gasteiger partial charge < -0.3 is 9.15 Å². The van der Waals surface area contributed by atoms with Crippen molar-refractivity contribution in [3.05, 3.63) is 76.9 Å². The van der Waals surface area contributed by atoms with Gasteiger partial charge in [0.1, 0.15) is 5.75 Å². The molecule has 5 rings (SSSR count). The Hall–Kier alpha value is -3.65. The number of ether oxygens (including phenoxy) is 1. The summed E-state index contributed by atoms with van der Waals surface area (Å²) >= 11 is 1.41. The van der Waals surface area contributed by atoms with Crippen LogP contribution < -0.4 is 10.3 Å². The summed E-state index contributed by atoms with van der Waals surface area (Å²) in [6, 6.07) is 19.3. The van der Waals surface area contributed by atoms with Crippen LogP contribution in [0.15, 0.2) is 75.0 Å². The summed E-state index contributed by atoms with van der Waals surface area (Å²) in [7, 11) is 1.62. The number of benzene rings is 3. The first-order valence-corrected chi connectivity index (χ1v) is 11.2. The minimum Gasteiger partial charge on any atom is -0.497 e. The van der Waals surface area contributed by atoms with Gasteiger partial charge in [-0.1, -0.05) is 36.0 Å². The van der Waals surface area contributed by atoms with Crippen molar-refractivity contribution >= 4 is 33.4 Å². The molecule has 2 heterocycles. The fourth-order valence-corrected chi connectivity index (χ4v) is 4.47. The van der Waals surface area contributed by atoms with E-state index in [0.29, 0.717) is 40.1 Å². The Labute approximate surface area is 188 Å². The van der Waals surface area contributed by atoms with Gasteiger partial charge in [-0.25, -0.2) is 4.98 Å². The second kappa shape index (κ2) is 8.47. The molecule has 0 spiro atoms. The Kier molecular flexibility index (Phi) is 5.36. The highest BCUT2D eigenvalue weighted by molar-refractivity contribution is 7.98. The molecule has 0 N–H and O–H groups in total. The minimum atomic E-state index is -0.0461. The molecule has 0 fully saturated rings. The molecule has 32 heavy (non-hydrogen) atoms. The molecule has 0 amide bonds. The van der Waals surface area contributed by atoms with Crippen LogP contribution in [0.4, 0.5) is 0 Å². The number of methoxy groups -OCH3 is 1. The summed E-state index contributed by atoms with van der Waals surface area (Å²) in [5.41, 5.74) is 1.45. The smallest absolute Gasteiger partial charge is 0.262 e. The monoisotopic (exact) mass is 444 g/mol. The molecule has 0 aliphatic heterocycles. The molecule has 2 aromatic heterocycles. The van der Waals surface area contributed by atoms with Gasteiger partial charge >= 0.3 is 0 Å². The van der Waals surface area contributed by atoms with E-state index in [9.17, 15) is 4.79 Å². The molecular formula is C24H20N4O3S. The lowest BCUT2D eigenvalue weighted by Crippen LogP contribution is -2.22. The van der Waals surface area contributed by atoms with Gasteiger partial charge in [-0.15, -0.1) is 10.2 Å². The lowest BCUT2D eigenvalue weighted by atomic mass is 10.1. The number of hydrogen-bond donors (Lipinski definition) is 0. The van der Waals surface area contributed by atoms with Crippen LogP contribution in [-0.2, 0) is 12.3 Å². The zero-order chi connectivity index (χ0) is 22.1. The molecule has 0 saturated heterocycles. The third-order valence-electron chi connectivity index (χ3n) is 5.23. The van der Waals surface area contributed by atoms with Crippen molar-refractivity contribution in [1.29, 1.82) is 0 Å². The van der Waals surface area contributed by atoms with Crippen molar-refractivity contribution in [3.63, 3.8) is 0 Å². The minimum absolute atomic E-state index is 0.0461. The van der Waals surface area contributed by atoms with E-state index in [0.717, 1.165) is 22.1 Å². The molecule has 0 atom stereocenters. The molecule has 0 saturated carbocycles. The van der Waals surface area contributed by atoms with Crippen LogP contribution in [0.2, 0.25) is 0 Å². The fourth-order valence-electron chi connectivity index (χ4n) is 3.57. The maximum absolute atomic E-state index is 13.1. The molecule has 160 valence electrons. The molecule has 0 aliphatic carbocycles. The summed E-state index contributed by atoms with van der Waals surface area (Å²) in [5.74, 6) is 2.08. The number of thioether (sulfide) groups is 1. The van der Waals surface area contributed by atoms with E-state index in [-0.39, 0.29) is 5.56 Å². The normalized spacial score (nSPS) is 11.3. The third kappa shape index (κ3) is 3.73. The van der Waals surface area contributed by atoms with Crippen molar-refractivity contribution in [2.45, 2.75) is 24.4 Å². The Morgan fingerprint density at radius 1 is 1.03 bits per heavy atom. The van der Waals surface area contributed by atoms with Crippen LogP contribution in [-0.4, -0.2) is 26.9 Å². The molecular weight excluding hydrogens is 424 g/mol. The Morgan fingerprint density at radius 3 is 2.50 bits per heavy atom. The van der Waals surface area contributed by atoms with Gasteiger partial charge in [-0.2, -0.15) is 0 Å². The van der Waals surface area contributed by atoms with E-state index in [4.69, 9.17) is 14.1 Å². The molecule has 5 aromatic rings. The van der Waals surface area contributed by atoms with Crippen LogP contribution in [0.3, 0.4) is 0 Å². The van der Waals surface area contributed by atoms with Crippen molar-refractivity contribution in [1.82, 2.24) is 19.7 Å². The average Bonchev–Trinajstić information content (AvgIpc) is 3.31. The first kappa shape index (κ1) is 20.3. The first-order chi connectivity index (χ1) is 15.7. The molecule has 3 aromatic carbocycles. The van der Waals surface area contributed by atoms with Crippen LogP contribution in [0.1, 0.15) is 12.8 Å². The van der Waals surface area contributed by atoms with Gasteiger partial charge in [0.2, 0.25) is 11.8 Å². The SMILES string of the molecule is CCn1c(SCc2nnc(-c3ccc(OC)cc3)o2)nc2cc3ccccc3cc2c1=O. The number of hydrogen-bond acceptors (Lipinski definition) is 7. The van der Waals surface area contributed by atoms with Crippen LogP contribution in [0, 0.1) is 0 Å². The van der Waals surface area contributed by atoms with Crippen molar-refractivity contribution in [2.75, 3.05) is 7.11 Å². The van der Waals surface area contributed by atoms with E-state index in [1.807, 2.05) is 67.6 Å². The van der Waals surface area contributed by atoms with Gasteiger partial charge in [0.05, 0.1) is 23.8 Å². The predicted molar refractivity (Wildman–Crippen MR) is 125 cm³/mol. The van der Waals surface area contributed by atoms with Crippen molar-refractivity contribution < 1.29 is 9.15 Å². The van der Waals surface area contributed by atoms with Gasteiger partial charge in [0, 0.05) is 12.1 Å². The van der Waals surface area contributed by atoms with Crippen molar-refractivity contribution in [2.24, 2.45) is 0 Å². The lowest BCUT2D eigenvalue weighted by molar-refractivity contribution is 0.415. The lowest BCUT2D eigenvalue weighted by Gasteiger charge is -2.11. The zero-order valence-electron chi connectivity index (χ0n) is 17.6. The van der Waals surface area contributed by atoms with Gasteiger partial charge in [0.15, 0.2) is 5.16 Å². The fraction of sp³-hybridized carbons (Fsp3) is 0.167. The zero-order valence-corrected chi connectivity index (χ0v) is 18.4. The first-order valence-electron chi connectivity index (χ1n) is 10.2. The standard InChI is InChI=1S/C24H20N4O3S/c1-3-28-23(29)19-12-16-6-4-5-7-17(16)13-20(19)25-24(28)32-14-21-26-27-22(31-21)15-8-10-18(30-2)11-9-15/h4-13H,3,14H2,1-2H3. The quantitative estimate of drug-likeness (QED) is 0.209. The molecule has 0 bridgehead atoms. The Balaban J connectivity index is 1.44. The number of nitrogens with zero attached hydrogens (tertiary/aromatic N) is 4. The number of aromatic nitrogens is 4. The van der Waals surface area contributed by atoms with Crippen LogP contribution in [0.25, 0.3) is 33.1 Å². The molecule has 0 unspecified atom stereocenters. The van der Waals surface area contributed by atoms with Crippen LogP contribution in [0.5, 0.6) is 5.75 Å². The Morgan fingerprint density at radius 2 is 1.78 bits per heavy atom.